The average Bonchev–Trinajstić information content (AvgIpc) is 2.59. The van der Waals surface area contributed by atoms with Gasteiger partial charge in [-0.2, -0.15) is 0 Å². The molecule has 1 N–H and O–H groups in total. The fraction of sp³-hybridized carbons (Fsp3) is 0.588. The molecule has 1 aromatic rings. The maximum atomic E-state index is 12.3. The molecule has 1 saturated heterocycles. The van der Waals surface area contributed by atoms with Gasteiger partial charge in [-0.1, -0.05) is 6.42 Å². The van der Waals surface area contributed by atoms with Gasteiger partial charge in [-0.25, -0.2) is 0 Å². The van der Waals surface area contributed by atoms with E-state index in [4.69, 9.17) is 9.47 Å². The molecule has 1 atom stereocenters. The van der Waals surface area contributed by atoms with Crippen LogP contribution in [0.1, 0.15) is 36.5 Å². The Balaban J connectivity index is 1.91. The summed E-state index contributed by atoms with van der Waals surface area (Å²) in [4.78, 5) is 14.7. The Bertz CT molecular complexity index is 499. The number of piperidine rings is 1. The Morgan fingerprint density at radius 1 is 1.18 bits per heavy atom. The molecule has 0 bridgehead atoms. The van der Waals surface area contributed by atoms with Crippen LogP contribution in [0.3, 0.4) is 0 Å². The van der Waals surface area contributed by atoms with E-state index in [1.165, 1.54) is 19.3 Å². The minimum Gasteiger partial charge on any atom is -0.493 e. The third-order valence-electron chi connectivity index (χ3n) is 4.22. The number of hydrogen-bond acceptors (Lipinski definition) is 4. The Labute approximate surface area is 132 Å². The van der Waals surface area contributed by atoms with E-state index in [0.717, 1.165) is 13.1 Å². The van der Waals surface area contributed by atoms with E-state index < -0.39 is 0 Å². The molecule has 1 heterocycles. The van der Waals surface area contributed by atoms with Gasteiger partial charge >= 0.3 is 0 Å². The molecule has 1 amide bonds. The van der Waals surface area contributed by atoms with Gasteiger partial charge in [-0.3, -0.25) is 9.69 Å². The summed E-state index contributed by atoms with van der Waals surface area (Å²) in [5.74, 6) is 1.12. The maximum Gasteiger partial charge on any atom is 0.251 e. The van der Waals surface area contributed by atoms with Crippen molar-refractivity contribution in [1.29, 1.82) is 0 Å². The topological polar surface area (TPSA) is 50.8 Å². The number of nitrogens with zero attached hydrogens (tertiary/aromatic N) is 1. The molecule has 2 rings (SSSR count). The highest BCUT2D eigenvalue weighted by Crippen LogP contribution is 2.27. The summed E-state index contributed by atoms with van der Waals surface area (Å²) in [6, 6.07) is 5.58. The fourth-order valence-electron chi connectivity index (χ4n) is 2.81. The lowest BCUT2D eigenvalue weighted by Crippen LogP contribution is -2.44. The molecule has 0 saturated carbocycles. The fourth-order valence-corrected chi connectivity index (χ4v) is 2.81. The Morgan fingerprint density at radius 2 is 1.86 bits per heavy atom. The zero-order valence-electron chi connectivity index (χ0n) is 13.7. The lowest BCUT2D eigenvalue weighted by Gasteiger charge is -2.32. The zero-order chi connectivity index (χ0) is 15.9. The standard InChI is InChI=1S/C17H26N2O3/c1-13(19-9-5-4-6-10-19)12-18-17(20)14-7-8-15(21-2)16(11-14)22-3/h7-8,11,13H,4-6,9-10,12H2,1-3H3,(H,18,20). The summed E-state index contributed by atoms with van der Waals surface area (Å²) >= 11 is 0. The molecule has 5 heteroatoms. The number of likely N-dealkylation sites (tertiary alicyclic amines) is 1. The molecule has 0 spiro atoms. The first-order valence-corrected chi connectivity index (χ1v) is 7.90. The second-order valence-electron chi connectivity index (χ2n) is 5.73. The number of carbonyl (C=O) groups is 1. The quantitative estimate of drug-likeness (QED) is 0.876. The molecule has 22 heavy (non-hydrogen) atoms. The van der Waals surface area contributed by atoms with Gasteiger partial charge < -0.3 is 14.8 Å². The second-order valence-corrected chi connectivity index (χ2v) is 5.73. The van der Waals surface area contributed by atoms with Crippen molar-refractivity contribution in [2.45, 2.75) is 32.2 Å². The average molecular weight is 306 g/mol. The van der Waals surface area contributed by atoms with E-state index in [2.05, 4.69) is 17.1 Å². The molecule has 122 valence electrons. The highest BCUT2D eigenvalue weighted by molar-refractivity contribution is 5.94. The highest BCUT2D eigenvalue weighted by Gasteiger charge is 2.18. The summed E-state index contributed by atoms with van der Waals surface area (Å²) in [6.45, 7) is 5.09. The van der Waals surface area contributed by atoms with Crippen LogP contribution in [-0.4, -0.2) is 50.7 Å². The molecule has 1 aliphatic heterocycles. The van der Waals surface area contributed by atoms with Gasteiger partial charge in [0, 0.05) is 18.2 Å². The number of rotatable bonds is 6. The molecule has 1 aromatic carbocycles. The monoisotopic (exact) mass is 306 g/mol. The molecule has 1 unspecified atom stereocenters. The molecule has 5 nitrogen and oxygen atoms in total. The van der Waals surface area contributed by atoms with Gasteiger partial charge in [0.15, 0.2) is 11.5 Å². The molecule has 0 aromatic heterocycles. The second kappa shape index (κ2) is 8.03. The van der Waals surface area contributed by atoms with Crippen molar-refractivity contribution in [3.63, 3.8) is 0 Å². The number of benzene rings is 1. The Hall–Kier alpha value is -1.75. The van der Waals surface area contributed by atoms with Gasteiger partial charge in [0.05, 0.1) is 14.2 Å². The first kappa shape index (κ1) is 16.6. The summed E-state index contributed by atoms with van der Waals surface area (Å²) < 4.78 is 10.4. The third-order valence-corrected chi connectivity index (χ3v) is 4.22. The first-order chi connectivity index (χ1) is 10.7. The number of nitrogens with one attached hydrogen (secondary N) is 1. The summed E-state index contributed by atoms with van der Waals surface area (Å²) in [6.07, 6.45) is 3.84. The summed E-state index contributed by atoms with van der Waals surface area (Å²) in [5, 5.41) is 3.01. The molecule has 1 aliphatic rings. The molecular formula is C17H26N2O3. The minimum atomic E-state index is -0.0789. The predicted molar refractivity (Wildman–Crippen MR) is 86.8 cm³/mol. The van der Waals surface area contributed by atoms with Crippen molar-refractivity contribution in [2.75, 3.05) is 33.9 Å². The van der Waals surface area contributed by atoms with Crippen LogP contribution in [-0.2, 0) is 0 Å². The zero-order valence-corrected chi connectivity index (χ0v) is 13.7. The van der Waals surface area contributed by atoms with Gasteiger partial charge in [-0.05, 0) is 51.1 Å². The SMILES string of the molecule is COc1ccc(C(=O)NCC(C)N2CCCCC2)cc1OC. The maximum absolute atomic E-state index is 12.3. The first-order valence-electron chi connectivity index (χ1n) is 7.90. The van der Waals surface area contributed by atoms with E-state index in [1.54, 1.807) is 32.4 Å². The van der Waals surface area contributed by atoms with Crippen molar-refractivity contribution in [3.05, 3.63) is 23.8 Å². The van der Waals surface area contributed by atoms with Crippen LogP contribution in [0.2, 0.25) is 0 Å². The van der Waals surface area contributed by atoms with Crippen molar-refractivity contribution in [3.8, 4) is 11.5 Å². The van der Waals surface area contributed by atoms with Crippen LogP contribution in [0.15, 0.2) is 18.2 Å². The lowest BCUT2D eigenvalue weighted by molar-refractivity contribution is 0.0929. The number of carbonyl (C=O) groups excluding carboxylic acids is 1. The van der Waals surface area contributed by atoms with Crippen LogP contribution in [0.4, 0.5) is 0 Å². The van der Waals surface area contributed by atoms with E-state index in [-0.39, 0.29) is 5.91 Å². The van der Waals surface area contributed by atoms with Crippen LogP contribution in [0.25, 0.3) is 0 Å². The van der Waals surface area contributed by atoms with E-state index in [1.807, 2.05) is 0 Å². The van der Waals surface area contributed by atoms with Gasteiger partial charge in [0.2, 0.25) is 0 Å². The lowest BCUT2D eigenvalue weighted by atomic mass is 10.1. The highest BCUT2D eigenvalue weighted by atomic mass is 16.5. The minimum absolute atomic E-state index is 0.0789. The normalized spacial score (nSPS) is 16.9. The largest absolute Gasteiger partial charge is 0.493 e. The third kappa shape index (κ3) is 4.13. The number of amides is 1. The van der Waals surface area contributed by atoms with Crippen LogP contribution in [0, 0.1) is 0 Å². The number of hydrogen-bond donors (Lipinski definition) is 1. The van der Waals surface area contributed by atoms with Gasteiger partial charge in [0.1, 0.15) is 0 Å². The summed E-state index contributed by atoms with van der Waals surface area (Å²) in [5.41, 5.74) is 0.587. The van der Waals surface area contributed by atoms with Crippen molar-refractivity contribution in [1.82, 2.24) is 10.2 Å². The van der Waals surface area contributed by atoms with Crippen molar-refractivity contribution in [2.24, 2.45) is 0 Å². The smallest absolute Gasteiger partial charge is 0.251 e. The van der Waals surface area contributed by atoms with Crippen LogP contribution >= 0.6 is 0 Å². The molecule has 0 radical (unpaired) electrons. The summed E-state index contributed by atoms with van der Waals surface area (Å²) in [7, 11) is 3.15. The Morgan fingerprint density at radius 3 is 2.50 bits per heavy atom. The number of ether oxygens (including phenoxy) is 2. The predicted octanol–water partition coefficient (Wildman–Crippen LogP) is 2.31. The molecular weight excluding hydrogens is 280 g/mol. The van der Waals surface area contributed by atoms with Crippen LogP contribution in [0.5, 0.6) is 11.5 Å². The molecule has 1 fully saturated rings. The van der Waals surface area contributed by atoms with E-state index in [0.29, 0.717) is 29.6 Å². The molecule has 0 aliphatic carbocycles. The van der Waals surface area contributed by atoms with Gasteiger partial charge in [-0.15, -0.1) is 0 Å². The number of methoxy groups -OCH3 is 2. The van der Waals surface area contributed by atoms with Gasteiger partial charge in [0.25, 0.3) is 5.91 Å². The van der Waals surface area contributed by atoms with Crippen molar-refractivity contribution >= 4 is 5.91 Å². The Kier molecular flexibility index (Phi) is 6.07. The van der Waals surface area contributed by atoms with E-state index >= 15 is 0 Å². The van der Waals surface area contributed by atoms with E-state index in [9.17, 15) is 4.79 Å². The van der Waals surface area contributed by atoms with Crippen molar-refractivity contribution < 1.29 is 14.3 Å². The van der Waals surface area contributed by atoms with Crippen LogP contribution < -0.4 is 14.8 Å².